The van der Waals surface area contributed by atoms with Gasteiger partial charge in [-0.25, -0.2) is 5.48 Å². The van der Waals surface area contributed by atoms with Gasteiger partial charge in [0.1, 0.15) is 6.04 Å². The quantitative estimate of drug-likeness (QED) is 0.213. The van der Waals surface area contributed by atoms with E-state index in [0.717, 1.165) is 24.8 Å². The highest BCUT2D eigenvalue weighted by atomic mass is 16.6. The van der Waals surface area contributed by atoms with Crippen molar-refractivity contribution in [1.82, 2.24) is 16.1 Å². The van der Waals surface area contributed by atoms with Crippen molar-refractivity contribution in [3.63, 3.8) is 0 Å². The molecule has 2 aromatic rings. The van der Waals surface area contributed by atoms with Gasteiger partial charge in [-0.05, 0) is 17.5 Å². The van der Waals surface area contributed by atoms with Crippen molar-refractivity contribution >= 4 is 17.7 Å². The van der Waals surface area contributed by atoms with Crippen molar-refractivity contribution in [2.75, 3.05) is 7.05 Å². The van der Waals surface area contributed by atoms with Crippen LogP contribution in [0.25, 0.3) is 0 Å². The molecule has 36 heavy (non-hydrogen) atoms. The van der Waals surface area contributed by atoms with E-state index in [1.54, 1.807) is 12.1 Å². The molecule has 0 saturated carbocycles. The van der Waals surface area contributed by atoms with E-state index in [0.29, 0.717) is 12.0 Å². The first-order valence-corrected chi connectivity index (χ1v) is 13.1. The molecule has 0 heterocycles. The molecule has 0 aromatic heterocycles. The molecule has 0 fully saturated rings. The van der Waals surface area contributed by atoms with Crippen LogP contribution in [0.15, 0.2) is 60.7 Å². The SMILES string of the molecule is CCCCCCCCC[C@H](CC(=O)NOCc1ccccc1)C(=O)N[C@H](C(=O)NC)c1ccccc1. The minimum absolute atomic E-state index is 0.00822. The van der Waals surface area contributed by atoms with E-state index < -0.39 is 12.0 Å². The zero-order valence-electron chi connectivity index (χ0n) is 21.6. The number of rotatable bonds is 17. The van der Waals surface area contributed by atoms with Crippen LogP contribution in [0, 0.1) is 5.92 Å². The molecule has 3 amide bonds. The van der Waals surface area contributed by atoms with Crippen LogP contribution in [-0.4, -0.2) is 24.8 Å². The lowest BCUT2D eigenvalue weighted by Crippen LogP contribution is -2.42. The van der Waals surface area contributed by atoms with Crippen molar-refractivity contribution < 1.29 is 19.2 Å². The maximum atomic E-state index is 13.3. The predicted molar refractivity (Wildman–Crippen MR) is 141 cm³/mol. The van der Waals surface area contributed by atoms with Crippen molar-refractivity contribution in [2.24, 2.45) is 5.92 Å². The molecule has 0 saturated heterocycles. The van der Waals surface area contributed by atoms with E-state index in [2.05, 4.69) is 23.0 Å². The summed E-state index contributed by atoms with van der Waals surface area (Å²) in [5, 5.41) is 5.48. The van der Waals surface area contributed by atoms with Crippen molar-refractivity contribution in [3.05, 3.63) is 71.8 Å². The fourth-order valence-electron chi connectivity index (χ4n) is 4.06. The second kappa shape index (κ2) is 17.3. The molecule has 0 bridgehead atoms. The van der Waals surface area contributed by atoms with Crippen LogP contribution in [0.2, 0.25) is 0 Å². The molecule has 3 N–H and O–H groups in total. The molecule has 7 heteroatoms. The minimum atomic E-state index is -0.822. The number of benzene rings is 2. The number of nitrogens with one attached hydrogen (secondary N) is 3. The molecule has 2 atom stereocenters. The Bertz CT molecular complexity index is 905. The average Bonchev–Trinajstić information content (AvgIpc) is 2.91. The summed E-state index contributed by atoms with van der Waals surface area (Å²) >= 11 is 0. The zero-order valence-corrected chi connectivity index (χ0v) is 21.6. The molecule has 7 nitrogen and oxygen atoms in total. The fraction of sp³-hybridized carbons (Fsp3) is 0.483. The Labute approximate surface area is 215 Å². The summed E-state index contributed by atoms with van der Waals surface area (Å²) in [6, 6.07) is 17.8. The van der Waals surface area contributed by atoms with Crippen LogP contribution in [0.4, 0.5) is 0 Å². The molecule has 0 spiro atoms. The second-order valence-corrected chi connectivity index (χ2v) is 9.08. The fourth-order valence-corrected chi connectivity index (χ4v) is 4.06. The lowest BCUT2D eigenvalue weighted by atomic mass is 9.94. The molecule has 0 radical (unpaired) electrons. The van der Waals surface area contributed by atoms with Gasteiger partial charge in [0.2, 0.25) is 17.7 Å². The summed E-state index contributed by atoms with van der Waals surface area (Å²) in [5.41, 5.74) is 4.09. The highest BCUT2D eigenvalue weighted by molar-refractivity contribution is 5.91. The summed E-state index contributed by atoms with van der Waals surface area (Å²) in [7, 11) is 1.54. The van der Waals surface area contributed by atoms with Crippen molar-refractivity contribution in [3.8, 4) is 0 Å². The van der Waals surface area contributed by atoms with Crippen LogP contribution in [0.1, 0.15) is 81.9 Å². The Hall–Kier alpha value is -3.19. The first kappa shape index (κ1) is 29.0. The van der Waals surface area contributed by atoms with E-state index in [1.807, 2.05) is 48.5 Å². The van der Waals surface area contributed by atoms with Gasteiger partial charge in [0, 0.05) is 19.4 Å². The molecule has 0 unspecified atom stereocenters. The van der Waals surface area contributed by atoms with Crippen LogP contribution in [0.5, 0.6) is 0 Å². The van der Waals surface area contributed by atoms with Gasteiger partial charge >= 0.3 is 0 Å². The topological polar surface area (TPSA) is 96.5 Å². The molecule has 0 aliphatic carbocycles. The Morgan fingerprint density at radius 2 is 1.42 bits per heavy atom. The summed E-state index contributed by atoms with van der Waals surface area (Å²) in [5.74, 6) is -1.53. The van der Waals surface area contributed by atoms with Crippen LogP contribution < -0.4 is 16.1 Å². The monoisotopic (exact) mass is 495 g/mol. The number of hydrogen-bond acceptors (Lipinski definition) is 4. The van der Waals surface area contributed by atoms with Gasteiger partial charge in [0.15, 0.2) is 0 Å². The second-order valence-electron chi connectivity index (χ2n) is 9.08. The number of hydrogen-bond donors (Lipinski definition) is 3. The molecular weight excluding hydrogens is 454 g/mol. The van der Waals surface area contributed by atoms with Gasteiger partial charge in [-0.15, -0.1) is 0 Å². The average molecular weight is 496 g/mol. The summed E-state index contributed by atoms with van der Waals surface area (Å²) in [6.45, 7) is 2.44. The Kier molecular flexibility index (Phi) is 13.9. The van der Waals surface area contributed by atoms with E-state index >= 15 is 0 Å². The molecule has 0 aliphatic heterocycles. The van der Waals surface area contributed by atoms with E-state index in [-0.39, 0.29) is 30.7 Å². The van der Waals surface area contributed by atoms with Gasteiger partial charge in [0.25, 0.3) is 0 Å². The van der Waals surface area contributed by atoms with Gasteiger partial charge in [-0.1, -0.05) is 113 Å². The standard InChI is InChI=1S/C29H41N3O4/c1-3-4-5-6-7-8-13-20-25(21-26(33)32-36-22-23-16-11-9-12-17-23)28(34)31-27(29(35)30-2)24-18-14-10-15-19-24/h9-12,14-19,25,27H,3-8,13,20-22H2,1-2H3,(H,30,35)(H,31,34)(H,32,33)/t25-,27+/m1/s1. The first-order chi connectivity index (χ1) is 17.5. The number of carbonyl (C=O) groups excluding carboxylic acids is 3. The van der Waals surface area contributed by atoms with E-state index in [9.17, 15) is 14.4 Å². The normalized spacial score (nSPS) is 12.4. The number of carbonyl (C=O) groups is 3. The predicted octanol–water partition coefficient (Wildman–Crippen LogP) is 4.98. The number of likely N-dealkylation sites (N-methyl/N-ethyl adjacent to an activating group) is 1. The Morgan fingerprint density at radius 1 is 0.806 bits per heavy atom. The van der Waals surface area contributed by atoms with E-state index in [1.165, 1.54) is 32.7 Å². The minimum Gasteiger partial charge on any atom is -0.357 e. The first-order valence-electron chi connectivity index (χ1n) is 13.1. The largest absolute Gasteiger partial charge is 0.357 e. The van der Waals surface area contributed by atoms with Crippen LogP contribution in [0.3, 0.4) is 0 Å². The van der Waals surface area contributed by atoms with Crippen LogP contribution >= 0.6 is 0 Å². The summed E-state index contributed by atoms with van der Waals surface area (Å²) in [6.07, 6.45) is 8.40. The third-order valence-electron chi connectivity index (χ3n) is 6.15. The van der Waals surface area contributed by atoms with Crippen molar-refractivity contribution in [1.29, 1.82) is 0 Å². The van der Waals surface area contributed by atoms with Gasteiger partial charge in [0.05, 0.1) is 6.61 Å². The lowest BCUT2D eigenvalue weighted by Gasteiger charge is -2.22. The Balaban J connectivity index is 1.97. The van der Waals surface area contributed by atoms with E-state index in [4.69, 9.17) is 4.84 Å². The maximum Gasteiger partial charge on any atom is 0.246 e. The van der Waals surface area contributed by atoms with Gasteiger partial charge in [-0.2, -0.15) is 0 Å². The summed E-state index contributed by atoms with van der Waals surface area (Å²) < 4.78 is 0. The number of unbranched alkanes of at least 4 members (excludes halogenated alkanes) is 6. The Morgan fingerprint density at radius 3 is 2.06 bits per heavy atom. The van der Waals surface area contributed by atoms with Gasteiger partial charge < -0.3 is 10.6 Å². The maximum absolute atomic E-state index is 13.3. The lowest BCUT2D eigenvalue weighted by molar-refractivity contribution is -0.139. The smallest absolute Gasteiger partial charge is 0.246 e. The third-order valence-corrected chi connectivity index (χ3v) is 6.15. The number of hydroxylamine groups is 1. The summed E-state index contributed by atoms with van der Waals surface area (Å²) in [4.78, 5) is 43.8. The molecule has 2 aromatic carbocycles. The molecular formula is C29H41N3O4. The molecule has 196 valence electrons. The number of amides is 3. The van der Waals surface area contributed by atoms with Crippen molar-refractivity contribution in [2.45, 2.75) is 77.4 Å². The zero-order chi connectivity index (χ0) is 26.0. The van der Waals surface area contributed by atoms with Gasteiger partial charge in [-0.3, -0.25) is 19.2 Å². The highest BCUT2D eigenvalue weighted by Gasteiger charge is 2.27. The third kappa shape index (κ3) is 11.0. The molecule has 2 rings (SSSR count). The highest BCUT2D eigenvalue weighted by Crippen LogP contribution is 2.19. The molecule has 0 aliphatic rings. The van der Waals surface area contributed by atoms with Crippen LogP contribution in [-0.2, 0) is 25.8 Å².